The van der Waals surface area contributed by atoms with Gasteiger partial charge in [-0.3, -0.25) is 0 Å². The highest BCUT2D eigenvalue weighted by Crippen LogP contribution is 2.46. The van der Waals surface area contributed by atoms with Gasteiger partial charge in [-0.1, -0.05) is 37.3 Å². The van der Waals surface area contributed by atoms with E-state index in [-0.39, 0.29) is 0 Å². The molecule has 0 bridgehead atoms. The molecule has 0 fully saturated rings. The number of hydrogen-bond donors (Lipinski definition) is 1. The van der Waals surface area contributed by atoms with Crippen LogP contribution >= 0.6 is 0 Å². The van der Waals surface area contributed by atoms with Crippen LogP contribution in [0.5, 0.6) is 11.5 Å². The fourth-order valence-electron chi connectivity index (χ4n) is 3.52. The number of nitrogens with one attached hydrogen (secondary N) is 1. The fraction of sp³-hybridized carbons (Fsp3) is 0.333. The Morgan fingerprint density at radius 2 is 1.86 bits per heavy atom. The summed E-state index contributed by atoms with van der Waals surface area (Å²) in [6.07, 6.45) is 1.10. The lowest BCUT2D eigenvalue weighted by Crippen LogP contribution is -2.18. The largest absolute Gasteiger partial charge is 0.454 e. The molecule has 0 amide bonds. The summed E-state index contributed by atoms with van der Waals surface area (Å²) in [5.74, 6) is 2.16. The van der Waals surface area contributed by atoms with E-state index >= 15 is 0 Å². The van der Waals surface area contributed by atoms with Crippen molar-refractivity contribution in [2.45, 2.75) is 25.3 Å². The maximum atomic E-state index is 5.52. The van der Waals surface area contributed by atoms with E-state index in [2.05, 4.69) is 48.6 Å². The SMILES string of the molecule is CCNC1CC(c2ccc3c(c2)OCO3)c2ccccc21. The van der Waals surface area contributed by atoms with Crippen molar-refractivity contribution in [3.63, 3.8) is 0 Å². The third kappa shape index (κ3) is 2.09. The molecule has 2 aromatic carbocycles. The van der Waals surface area contributed by atoms with Gasteiger partial charge >= 0.3 is 0 Å². The Balaban J connectivity index is 1.73. The van der Waals surface area contributed by atoms with Crippen molar-refractivity contribution < 1.29 is 9.47 Å². The lowest BCUT2D eigenvalue weighted by Gasteiger charge is -2.14. The lowest BCUT2D eigenvalue weighted by atomic mass is 9.93. The standard InChI is InChI=1S/C18H19NO2/c1-2-19-16-10-15(13-5-3-4-6-14(13)16)12-7-8-17-18(9-12)21-11-20-17/h3-9,15-16,19H,2,10-11H2,1H3. The molecular weight excluding hydrogens is 262 g/mol. The first-order valence-electron chi connectivity index (χ1n) is 7.58. The van der Waals surface area contributed by atoms with Gasteiger partial charge in [-0.15, -0.1) is 0 Å². The summed E-state index contributed by atoms with van der Waals surface area (Å²) in [5, 5.41) is 3.60. The van der Waals surface area contributed by atoms with Crippen LogP contribution in [-0.4, -0.2) is 13.3 Å². The maximum absolute atomic E-state index is 5.52. The molecule has 0 saturated carbocycles. The fourth-order valence-corrected chi connectivity index (χ4v) is 3.52. The zero-order valence-electron chi connectivity index (χ0n) is 12.1. The molecule has 21 heavy (non-hydrogen) atoms. The molecule has 2 aromatic rings. The summed E-state index contributed by atoms with van der Waals surface area (Å²) in [7, 11) is 0. The van der Waals surface area contributed by atoms with Crippen LogP contribution in [0.3, 0.4) is 0 Å². The highest BCUT2D eigenvalue weighted by atomic mass is 16.7. The smallest absolute Gasteiger partial charge is 0.231 e. The monoisotopic (exact) mass is 281 g/mol. The molecule has 0 saturated heterocycles. The van der Waals surface area contributed by atoms with E-state index in [1.165, 1.54) is 16.7 Å². The van der Waals surface area contributed by atoms with E-state index in [1.54, 1.807) is 0 Å². The summed E-state index contributed by atoms with van der Waals surface area (Å²) in [4.78, 5) is 0. The number of ether oxygens (including phenoxy) is 2. The van der Waals surface area contributed by atoms with Crippen molar-refractivity contribution in [1.82, 2.24) is 5.32 Å². The molecule has 108 valence electrons. The lowest BCUT2D eigenvalue weighted by molar-refractivity contribution is 0.174. The summed E-state index contributed by atoms with van der Waals surface area (Å²) in [6.45, 7) is 3.49. The third-order valence-electron chi connectivity index (χ3n) is 4.47. The second kappa shape index (κ2) is 5.08. The molecule has 2 unspecified atom stereocenters. The molecule has 3 heteroatoms. The van der Waals surface area contributed by atoms with Crippen molar-refractivity contribution in [2.75, 3.05) is 13.3 Å². The van der Waals surface area contributed by atoms with Crippen LogP contribution in [0.25, 0.3) is 0 Å². The summed E-state index contributed by atoms with van der Waals surface area (Å²) in [6, 6.07) is 15.5. The van der Waals surface area contributed by atoms with E-state index in [0.29, 0.717) is 18.8 Å². The Morgan fingerprint density at radius 3 is 2.71 bits per heavy atom. The number of hydrogen-bond acceptors (Lipinski definition) is 3. The van der Waals surface area contributed by atoms with Crippen LogP contribution in [0.1, 0.15) is 42.0 Å². The van der Waals surface area contributed by atoms with E-state index in [1.807, 2.05) is 6.07 Å². The highest BCUT2D eigenvalue weighted by Gasteiger charge is 2.31. The minimum atomic E-state index is 0.333. The predicted molar refractivity (Wildman–Crippen MR) is 81.9 cm³/mol. The third-order valence-corrected chi connectivity index (χ3v) is 4.47. The minimum Gasteiger partial charge on any atom is -0.454 e. The first-order valence-corrected chi connectivity index (χ1v) is 7.58. The Kier molecular flexibility index (Phi) is 3.08. The second-order valence-electron chi connectivity index (χ2n) is 5.64. The van der Waals surface area contributed by atoms with E-state index in [0.717, 1.165) is 24.5 Å². The van der Waals surface area contributed by atoms with Crippen LogP contribution in [0.4, 0.5) is 0 Å². The van der Waals surface area contributed by atoms with E-state index in [4.69, 9.17) is 9.47 Å². The molecule has 1 aliphatic heterocycles. The molecule has 0 spiro atoms. The van der Waals surface area contributed by atoms with Crippen molar-refractivity contribution >= 4 is 0 Å². The average molecular weight is 281 g/mol. The van der Waals surface area contributed by atoms with Gasteiger partial charge < -0.3 is 14.8 Å². The second-order valence-corrected chi connectivity index (χ2v) is 5.64. The first kappa shape index (κ1) is 12.7. The average Bonchev–Trinajstić information content (AvgIpc) is 3.12. The molecule has 1 N–H and O–H groups in total. The molecule has 0 aromatic heterocycles. The molecule has 2 atom stereocenters. The minimum absolute atomic E-state index is 0.333. The molecule has 1 aliphatic carbocycles. The zero-order chi connectivity index (χ0) is 14.2. The van der Waals surface area contributed by atoms with Gasteiger partial charge in [0.25, 0.3) is 0 Å². The van der Waals surface area contributed by atoms with Crippen LogP contribution < -0.4 is 14.8 Å². The Labute approximate surface area is 124 Å². The van der Waals surface area contributed by atoms with Gasteiger partial charge in [0.15, 0.2) is 11.5 Å². The summed E-state index contributed by atoms with van der Waals surface area (Å²) in [5.41, 5.74) is 4.18. The van der Waals surface area contributed by atoms with Gasteiger partial charge in [-0.05, 0) is 41.8 Å². The van der Waals surface area contributed by atoms with Gasteiger partial charge in [0.2, 0.25) is 6.79 Å². The van der Waals surface area contributed by atoms with E-state index in [9.17, 15) is 0 Å². The summed E-state index contributed by atoms with van der Waals surface area (Å²) < 4.78 is 10.9. The molecule has 1 heterocycles. The van der Waals surface area contributed by atoms with Crippen molar-refractivity contribution in [1.29, 1.82) is 0 Å². The van der Waals surface area contributed by atoms with Crippen LogP contribution in [0, 0.1) is 0 Å². The van der Waals surface area contributed by atoms with Gasteiger partial charge in [0, 0.05) is 12.0 Å². The number of benzene rings is 2. The van der Waals surface area contributed by atoms with Gasteiger partial charge in [-0.25, -0.2) is 0 Å². The van der Waals surface area contributed by atoms with Crippen molar-refractivity contribution in [3.05, 3.63) is 59.2 Å². The van der Waals surface area contributed by atoms with Gasteiger partial charge in [-0.2, -0.15) is 0 Å². The highest BCUT2D eigenvalue weighted by molar-refractivity contribution is 5.50. The first-order chi connectivity index (χ1) is 10.4. The Hall–Kier alpha value is -2.00. The van der Waals surface area contributed by atoms with Gasteiger partial charge in [0.05, 0.1) is 0 Å². The normalized spacial score (nSPS) is 22.3. The summed E-state index contributed by atoms with van der Waals surface area (Å²) >= 11 is 0. The number of fused-ring (bicyclic) bond motifs is 2. The zero-order valence-corrected chi connectivity index (χ0v) is 12.1. The quantitative estimate of drug-likeness (QED) is 0.932. The van der Waals surface area contributed by atoms with Crippen molar-refractivity contribution in [3.8, 4) is 11.5 Å². The Morgan fingerprint density at radius 1 is 1.05 bits per heavy atom. The molecule has 2 aliphatic rings. The van der Waals surface area contributed by atoms with Crippen LogP contribution in [0.2, 0.25) is 0 Å². The van der Waals surface area contributed by atoms with E-state index < -0.39 is 0 Å². The van der Waals surface area contributed by atoms with Crippen LogP contribution in [-0.2, 0) is 0 Å². The van der Waals surface area contributed by atoms with Gasteiger partial charge in [0.1, 0.15) is 0 Å². The predicted octanol–water partition coefficient (Wildman–Crippen LogP) is 3.60. The molecule has 0 radical (unpaired) electrons. The molecular formula is C18H19NO2. The molecule has 3 nitrogen and oxygen atoms in total. The number of rotatable bonds is 3. The Bertz CT molecular complexity index is 668. The maximum Gasteiger partial charge on any atom is 0.231 e. The van der Waals surface area contributed by atoms with Crippen molar-refractivity contribution in [2.24, 2.45) is 0 Å². The topological polar surface area (TPSA) is 30.5 Å². The molecule has 4 rings (SSSR count). The van der Waals surface area contributed by atoms with Crippen LogP contribution in [0.15, 0.2) is 42.5 Å².